The van der Waals surface area contributed by atoms with Gasteiger partial charge in [0.1, 0.15) is 0 Å². The van der Waals surface area contributed by atoms with Crippen molar-refractivity contribution in [3.63, 3.8) is 0 Å². The van der Waals surface area contributed by atoms with Gasteiger partial charge in [-0.1, -0.05) is 6.07 Å². The average Bonchev–Trinajstić information content (AvgIpc) is 3.11. The number of hydrogen-bond donors (Lipinski definition) is 0. The maximum atomic E-state index is 12.1. The molecular formula is C18H21N3OS. The SMILES string of the molecule is C[C@@H]1c2ccsc2CCN1Cc1ccc2c(c1)n(C)c(=O)n2C. The number of thiophene rings is 1. The fourth-order valence-corrected chi connectivity index (χ4v) is 4.63. The van der Waals surface area contributed by atoms with E-state index in [-0.39, 0.29) is 5.69 Å². The second-order valence-electron chi connectivity index (χ2n) is 6.42. The molecule has 0 aliphatic carbocycles. The molecule has 0 spiro atoms. The molecule has 0 amide bonds. The van der Waals surface area contributed by atoms with E-state index >= 15 is 0 Å². The van der Waals surface area contributed by atoms with Crippen molar-refractivity contribution >= 4 is 22.4 Å². The van der Waals surface area contributed by atoms with Crippen LogP contribution >= 0.6 is 11.3 Å². The molecule has 0 fully saturated rings. The molecule has 4 rings (SSSR count). The number of nitrogens with zero attached hydrogens (tertiary/aromatic N) is 3. The van der Waals surface area contributed by atoms with Crippen LogP contribution in [0, 0.1) is 0 Å². The summed E-state index contributed by atoms with van der Waals surface area (Å²) in [4.78, 5) is 16.1. The van der Waals surface area contributed by atoms with E-state index in [2.05, 4.69) is 41.5 Å². The Kier molecular flexibility index (Phi) is 3.43. The number of aryl methyl sites for hydroxylation is 2. The monoisotopic (exact) mass is 327 g/mol. The third kappa shape index (κ3) is 2.26. The van der Waals surface area contributed by atoms with E-state index in [1.807, 2.05) is 25.4 Å². The second kappa shape index (κ2) is 5.35. The molecule has 1 aliphatic heterocycles. The van der Waals surface area contributed by atoms with Gasteiger partial charge in [-0.2, -0.15) is 0 Å². The van der Waals surface area contributed by atoms with Crippen molar-refractivity contribution in [2.24, 2.45) is 14.1 Å². The van der Waals surface area contributed by atoms with Crippen molar-refractivity contribution in [1.82, 2.24) is 14.0 Å². The quantitative estimate of drug-likeness (QED) is 0.724. The number of fused-ring (bicyclic) bond motifs is 2. The number of imidazole rings is 1. The van der Waals surface area contributed by atoms with Crippen LogP contribution < -0.4 is 5.69 Å². The Morgan fingerprint density at radius 3 is 2.78 bits per heavy atom. The summed E-state index contributed by atoms with van der Waals surface area (Å²) in [5.74, 6) is 0. The van der Waals surface area contributed by atoms with Gasteiger partial charge >= 0.3 is 5.69 Å². The molecule has 0 saturated carbocycles. The highest BCUT2D eigenvalue weighted by Crippen LogP contribution is 2.33. The summed E-state index contributed by atoms with van der Waals surface area (Å²) in [6, 6.07) is 9.10. The number of aromatic nitrogens is 2. The topological polar surface area (TPSA) is 30.2 Å². The molecule has 0 bridgehead atoms. The predicted octanol–water partition coefficient (Wildman–Crippen LogP) is 3.06. The van der Waals surface area contributed by atoms with Crippen LogP contribution in [0.3, 0.4) is 0 Å². The summed E-state index contributed by atoms with van der Waals surface area (Å²) in [6.07, 6.45) is 1.14. The number of rotatable bonds is 2. The molecule has 1 aliphatic rings. The van der Waals surface area contributed by atoms with Gasteiger partial charge in [-0.3, -0.25) is 14.0 Å². The lowest BCUT2D eigenvalue weighted by Gasteiger charge is -2.33. The minimum atomic E-state index is 0.0337. The lowest BCUT2D eigenvalue weighted by atomic mass is 10.0. The highest BCUT2D eigenvalue weighted by molar-refractivity contribution is 7.10. The Morgan fingerprint density at radius 1 is 1.17 bits per heavy atom. The summed E-state index contributed by atoms with van der Waals surface area (Å²) in [5, 5.41) is 2.20. The Labute approximate surface area is 139 Å². The Balaban J connectivity index is 1.66. The maximum Gasteiger partial charge on any atom is 0.328 e. The minimum absolute atomic E-state index is 0.0337. The van der Waals surface area contributed by atoms with Gasteiger partial charge in [0, 0.05) is 38.1 Å². The molecule has 1 aromatic carbocycles. The molecule has 3 heterocycles. The Bertz CT molecular complexity index is 934. The van der Waals surface area contributed by atoms with E-state index in [9.17, 15) is 4.79 Å². The molecule has 2 aromatic heterocycles. The van der Waals surface area contributed by atoms with Gasteiger partial charge in [0.05, 0.1) is 11.0 Å². The largest absolute Gasteiger partial charge is 0.328 e. The fraction of sp³-hybridized carbons (Fsp3) is 0.389. The first-order valence-electron chi connectivity index (χ1n) is 8.01. The van der Waals surface area contributed by atoms with Crippen molar-refractivity contribution in [3.8, 4) is 0 Å². The van der Waals surface area contributed by atoms with Crippen molar-refractivity contribution in [3.05, 3.63) is 56.1 Å². The van der Waals surface area contributed by atoms with Crippen LogP contribution in [-0.2, 0) is 27.1 Å². The van der Waals surface area contributed by atoms with Crippen molar-refractivity contribution < 1.29 is 0 Å². The van der Waals surface area contributed by atoms with E-state index in [1.165, 1.54) is 16.0 Å². The smallest absolute Gasteiger partial charge is 0.295 e. The minimum Gasteiger partial charge on any atom is -0.295 e. The predicted molar refractivity (Wildman–Crippen MR) is 95.0 cm³/mol. The van der Waals surface area contributed by atoms with Gasteiger partial charge in [-0.25, -0.2) is 4.79 Å². The van der Waals surface area contributed by atoms with Crippen molar-refractivity contribution in [2.45, 2.75) is 25.9 Å². The first-order valence-corrected chi connectivity index (χ1v) is 8.89. The molecule has 5 heteroatoms. The van der Waals surface area contributed by atoms with Crippen LogP contribution in [0.5, 0.6) is 0 Å². The van der Waals surface area contributed by atoms with Gasteiger partial charge in [0.2, 0.25) is 0 Å². The van der Waals surface area contributed by atoms with Crippen LogP contribution in [-0.4, -0.2) is 20.6 Å². The van der Waals surface area contributed by atoms with Gasteiger partial charge in [-0.05, 0) is 48.1 Å². The zero-order valence-electron chi connectivity index (χ0n) is 13.7. The van der Waals surface area contributed by atoms with Crippen molar-refractivity contribution in [2.75, 3.05) is 6.54 Å². The van der Waals surface area contributed by atoms with Gasteiger partial charge < -0.3 is 0 Å². The summed E-state index contributed by atoms with van der Waals surface area (Å²) >= 11 is 1.88. The summed E-state index contributed by atoms with van der Waals surface area (Å²) in [6.45, 7) is 4.32. The number of benzene rings is 1. The molecule has 0 saturated heterocycles. The normalized spacial score (nSPS) is 18.5. The summed E-state index contributed by atoms with van der Waals surface area (Å²) in [5.41, 5.74) is 4.79. The molecule has 120 valence electrons. The van der Waals surface area contributed by atoms with E-state index in [4.69, 9.17) is 0 Å². The Hall–Kier alpha value is -1.85. The molecule has 23 heavy (non-hydrogen) atoms. The molecular weight excluding hydrogens is 306 g/mol. The zero-order chi connectivity index (χ0) is 16.1. The third-order valence-corrected chi connectivity index (χ3v) is 6.12. The highest BCUT2D eigenvalue weighted by atomic mass is 32.1. The van der Waals surface area contributed by atoms with E-state index in [0.717, 1.165) is 30.5 Å². The lowest BCUT2D eigenvalue weighted by molar-refractivity contribution is 0.191. The van der Waals surface area contributed by atoms with Gasteiger partial charge in [-0.15, -0.1) is 11.3 Å². The third-order valence-electron chi connectivity index (χ3n) is 5.13. The molecule has 0 radical (unpaired) electrons. The zero-order valence-corrected chi connectivity index (χ0v) is 14.6. The van der Waals surface area contributed by atoms with Crippen LogP contribution in [0.4, 0.5) is 0 Å². The molecule has 1 atom stereocenters. The molecule has 3 aromatic rings. The summed E-state index contributed by atoms with van der Waals surface area (Å²) < 4.78 is 3.44. The summed E-state index contributed by atoms with van der Waals surface area (Å²) in [7, 11) is 3.67. The second-order valence-corrected chi connectivity index (χ2v) is 7.42. The van der Waals surface area contributed by atoms with E-state index in [1.54, 1.807) is 9.13 Å². The van der Waals surface area contributed by atoms with Crippen LogP contribution in [0.15, 0.2) is 34.4 Å². The van der Waals surface area contributed by atoms with Gasteiger partial charge in [0.25, 0.3) is 0 Å². The maximum absolute atomic E-state index is 12.1. The fourth-order valence-electron chi connectivity index (χ4n) is 3.66. The Morgan fingerprint density at radius 2 is 1.96 bits per heavy atom. The first-order chi connectivity index (χ1) is 11.1. The molecule has 4 nitrogen and oxygen atoms in total. The molecule has 0 unspecified atom stereocenters. The lowest BCUT2D eigenvalue weighted by Crippen LogP contribution is -2.32. The average molecular weight is 327 g/mol. The van der Waals surface area contributed by atoms with E-state index < -0.39 is 0 Å². The van der Waals surface area contributed by atoms with Crippen molar-refractivity contribution in [1.29, 1.82) is 0 Å². The molecule has 0 N–H and O–H groups in total. The first kappa shape index (κ1) is 14.7. The van der Waals surface area contributed by atoms with Crippen LogP contribution in [0.1, 0.15) is 29.0 Å². The number of hydrogen-bond acceptors (Lipinski definition) is 3. The highest BCUT2D eigenvalue weighted by Gasteiger charge is 2.24. The van der Waals surface area contributed by atoms with E-state index in [0.29, 0.717) is 6.04 Å². The standard InChI is InChI=1S/C18H21N3OS/c1-12-14-7-9-23-17(14)6-8-21(12)11-13-4-5-15-16(10-13)20(3)18(22)19(15)2/h4-5,7,9-10,12H,6,8,11H2,1-3H3/t12-/m1/s1. The van der Waals surface area contributed by atoms with Gasteiger partial charge in [0.15, 0.2) is 0 Å². The van der Waals surface area contributed by atoms with Crippen LogP contribution in [0.25, 0.3) is 11.0 Å². The van der Waals surface area contributed by atoms with Crippen LogP contribution in [0.2, 0.25) is 0 Å².